The van der Waals surface area contributed by atoms with Crippen molar-refractivity contribution in [3.63, 3.8) is 0 Å². The van der Waals surface area contributed by atoms with Crippen molar-refractivity contribution in [2.45, 2.75) is 64.9 Å². The van der Waals surface area contributed by atoms with Gasteiger partial charge in [-0.1, -0.05) is 49.1 Å². The van der Waals surface area contributed by atoms with Crippen molar-refractivity contribution in [1.82, 2.24) is 0 Å². The molecule has 1 aromatic rings. The second-order valence-electron chi connectivity index (χ2n) is 5.87. The van der Waals surface area contributed by atoms with Gasteiger partial charge in [0.1, 0.15) is 0 Å². The topological polar surface area (TPSA) is 9.23 Å². The van der Waals surface area contributed by atoms with Crippen molar-refractivity contribution >= 4 is 0 Å². The molecule has 1 nitrogen and oxygen atoms in total. The first kappa shape index (κ1) is 15.2. The van der Waals surface area contributed by atoms with Crippen LogP contribution in [0.15, 0.2) is 24.3 Å². The van der Waals surface area contributed by atoms with E-state index >= 15 is 0 Å². The molecule has 0 fully saturated rings. The van der Waals surface area contributed by atoms with Crippen LogP contribution in [0.5, 0.6) is 0 Å². The molecule has 18 heavy (non-hydrogen) atoms. The predicted octanol–water partition coefficient (Wildman–Crippen LogP) is 4.91. The maximum atomic E-state index is 5.43. The molecule has 0 aliphatic rings. The van der Waals surface area contributed by atoms with Crippen LogP contribution in [0, 0.1) is 6.92 Å². The number of rotatable bonds is 8. The van der Waals surface area contributed by atoms with E-state index in [4.69, 9.17) is 4.74 Å². The number of benzene rings is 1. The van der Waals surface area contributed by atoms with Crippen LogP contribution in [0.4, 0.5) is 0 Å². The lowest BCUT2D eigenvalue weighted by atomic mass is 9.98. The lowest BCUT2D eigenvalue weighted by Gasteiger charge is -2.22. The van der Waals surface area contributed by atoms with Crippen LogP contribution in [0.2, 0.25) is 0 Å². The fraction of sp³-hybridized carbons (Fsp3) is 0.647. The molecule has 0 aliphatic heterocycles. The highest BCUT2D eigenvalue weighted by Crippen LogP contribution is 2.18. The summed E-state index contributed by atoms with van der Waals surface area (Å²) in [4.78, 5) is 0. The van der Waals surface area contributed by atoms with E-state index in [2.05, 4.69) is 45.0 Å². The van der Waals surface area contributed by atoms with Crippen LogP contribution in [0.25, 0.3) is 0 Å². The number of ether oxygens (including phenoxy) is 1. The third kappa shape index (κ3) is 6.20. The molecule has 0 N–H and O–H groups in total. The Bertz CT molecular complexity index is 341. The molecule has 1 heteroatoms. The SMILES string of the molecule is COC(C)(C)CCCCCCc1cccc(C)c1. The molecular weight excluding hydrogens is 220 g/mol. The van der Waals surface area contributed by atoms with E-state index in [9.17, 15) is 0 Å². The van der Waals surface area contributed by atoms with Crippen molar-refractivity contribution in [1.29, 1.82) is 0 Å². The minimum Gasteiger partial charge on any atom is -0.379 e. The molecule has 0 saturated carbocycles. The molecule has 1 rings (SSSR count). The molecule has 0 amide bonds. The number of hydrogen-bond acceptors (Lipinski definition) is 1. The Morgan fingerprint density at radius 3 is 2.44 bits per heavy atom. The lowest BCUT2D eigenvalue weighted by Crippen LogP contribution is -2.21. The van der Waals surface area contributed by atoms with Gasteiger partial charge in [0.25, 0.3) is 0 Å². The highest BCUT2D eigenvalue weighted by molar-refractivity contribution is 5.22. The van der Waals surface area contributed by atoms with Gasteiger partial charge in [0, 0.05) is 7.11 Å². The minimum atomic E-state index is 0.0521. The van der Waals surface area contributed by atoms with Gasteiger partial charge in [-0.2, -0.15) is 0 Å². The largest absolute Gasteiger partial charge is 0.379 e. The first-order valence-electron chi connectivity index (χ1n) is 7.14. The molecule has 0 heterocycles. The first-order chi connectivity index (χ1) is 8.53. The van der Waals surface area contributed by atoms with E-state index < -0.39 is 0 Å². The van der Waals surface area contributed by atoms with E-state index in [-0.39, 0.29) is 5.60 Å². The third-order valence-electron chi connectivity index (χ3n) is 3.63. The van der Waals surface area contributed by atoms with Gasteiger partial charge in [-0.05, 0) is 45.6 Å². The summed E-state index contributed by atoms with van der Waals surface area (Å²) in [6.45, 7) is 6.50. The summed E-state index contributed by atoms with van der Waals surface area (Å²) < 4.78 is 5.43. The van der Waals surface area contributed by atoms with Gasteiger partial charge in [-0.15, -0.1) is 0 Å². The first-order valence-corrected chi connectivity index (χ1v) is 7.14. The summed E-state index contributed by atoms with van der Waals surface area (Å²) in [7, 11) is 1.80. The molecule has 0 saturated heterocycles. The van der Waals surface area contributed by atoms with Gasteiger partial charge in [0.2, 0.25) is 0 Å². The number of hydrogen-bond donors (Lipinski definition) is 0. The molecule has 0 aromatic heterocycles. The quantitative estimate of drug-likeness (QED) is 0.594. The summed E-state index contributed by atoms with van der Waals surface area (Å²) in [6, 6.07) is 8.86. The Morgan fingerprint density at radius 1 is 1.06 bits per heavy atom. The summed E-state index contributed by atoms with van der Waals surface area (Å²) in [5.74, 6) is 0. The smallest absolute Gasteiger partial charge is 0.0622 e. The fourth-order valence-corrected chi connectivity index (χ4v) is 2.20. The normalized spacial score (nSPS) is 11.8. The average molecular weight is 248 g/mol. The number of aryl methyl sites for hydroxylation is 2. The van der Waals surface area contributed by atoms with Crippen molar-refractivity contribution in [2.75, 3.05) is 7.11 Å². The van der Waals surface area contributed by atoms with Gasteiger partial charge in [0.05, 0.1) is 5.60 Å². The monoisotopic (exact) mass is 248 g/mol. The van der Waals surface area contributed by atoms with E-state index in [1.165, 1.54) is 43.2 Å². The standard InChI is InChI=1S/C17H28O/c1-15-10-9-12-16(14-15)11-7-5-6-8-13-17(2,3)18-4/h9-10,12,14H,5-8,11,13H2,1-4H3. The predicted molar refractivity (Wildman–Crippen MR) is 79.1 cm³/mol. The van der Waals surface area contributed by atoms with Gasteiger partial charge >= 0.3 is 0 Å². The minimum absolute atomic E-state index is 0.0521. The molecular formula is C17H28O. The van der Waals surface area contributed by atoms with E-state index in [1.807, 2.05) is 0 Å². The second kappa shape index (κ2) is 7.58. The Morgan fingerprint density at radius 2 is 1.78 bits per heavy atom. The van der Waals surface area contributed by atoms with Gasteiger partial charge in [0.15, 0.2) is 0 Å². The summed E-state index contributed by atoms with van der Waals surface area (Å²) in [5.41, 5.74) is 2.90. The molecule has 0 atom stereocenters. The zero-order chi connectivity index (χ0) is 13.4. The van der Waals surface area contributed by atoms with Crippen LogP contribution in [-0.2, 0) is 11.2 Å². The van der Waals surface area contributed by atoms with Crippen molar-refractivity contribution in [3.05, 3.63) is 35.4 Å². The van der Waals surface area contributed by atoms with E-state index in [0.29, 0.717) is 0 Å². The van der Waals surface area contributed by atoms with Crippen LogP contribution >= 0.6 is 0 Å². The Labute approximate surface area is 113 Å². The maximum Gasteiger partial charge on any atom is 0.0622 e. The van der Waals surface area contributed by atoms with Crippen LogP contribution in [-0.4, -0.2) is 12.7 Å². The highest BCUT2D eigenvalue weighted by atomic mass is 16.5. The molecule has 0 spiro atoms. The summed E-state index contributed by atoms with van der Waals surface area (Å²) in [6.07, 6.45) is 7.60. The molecule has 1 aromatic carbocycles. The van der Waals surface area contributed by atoms with E-state index in [0.717, 1.165) is 6.42 Å². The average Bonchev–Trinajstić information content (AvgIpc) is 2.34. The van der Waals surface area contributed by atoms with Gasteiger partial charge in [-0.3, -0.25) is 0 Å². The fourth-order valence-electron chi connectivity index (χ4n) is 2.20. The Kier molecular flexibility index (Phi) is 6.42. The highest BCUT2D eigenvalue weighted by Gasteiger charge is 2.14. The zero-order valence-corrected chi connectivity index (χ0v) is 12.5. The van der Waals surface area contributed by atoms with Crippen molar-refractivity contribution < 1.29 is 4.74 Å². The summed E-state index contributed by atoms with van der Waals surface area (Å²) >= 11 is 0. The molecule has 0 bridgehead atoms. The number of methoxy groups -OCH3 is 1. The molecule has 0 unspecified atom stereocenters. The second-order valence-corrected chi connectivity index (χ2v) is 5.87. The Balaban J connectivity index is 2.09. The third-order valence-corrected chi connectivity index (χ3v) is 3.63. The zero-order valence-electron chi connectivity index (χ0n) is 12.5. The van der Waals surface area contributed by atoms with Gasteiger partial charge in [-0.25, -0.2) is 0 Å². The van der Waals surface area contributed by atoms with E-state index in [1.54, 1.807) is 7.11 Å². The molecule has 0 aliphatic carbocycles. The van der Waals surface area contributed by atoms with Crippen LogP contribution in [0.3, 0.4) is 0 Å². The van der Waals surface area contributed by atoms with Crippen LogP contribution < -0.4 is 0 Å². The van der Waals surface area contributed by atoms with Crippen LogP contribution in [0.1, 0.15) is 57.1 Å². The van der Waals surface area contributed by atoms with Crippen molar-refractivity contribution in [3.8, 4) is 0 Å². The lowest BCUT2D eigenvalue weighted by molar-refractivity contribution is 0.0134. The Hall–Kier alpha value is -0.820. The maximum absolute atomic E-state index is 5.43. The molecule has 102 valence electrons. The number of unbranched alkanes of at least 4 members (excludes halogenated alkanes) is 3. The van der Waals surface area contributed by atoms with Gasteiger partial charge < -0.3 is 4.74 Å². The van der Waals surface area contributed by atoms with Crippen molar-refractivity contribution in [2.24, 2.45) is 0 Å². The summed E-state index contributed by atoms with van der Waals surface area (Å²) in [5, 5.41) is 0. The molecule has 0 radical (unpaired) electrons.